The van der Waals surface area contributed by atoms with Crippen molar-refractivity contribution in [3.8, 4) is 0 Å². The van der Waals surface area contributed by atoms with E-state index in [1.54, 1.807) is 0 Å². The molecule has 1 amide bonds. The summed E-state index contributed by atoms with van der Waals surface area (Å²) in [5, 5.41) is 0. The third-order valence-electron chi connectivity index (χ3n) is 5.24. The molecule has 0 aliphatic heterocycles. The Bertz CT molecular complexity index is 331. The molecule has 1 aliphatic rings. The summed E-state index contributed by atoms with van der Waals surface area (Å²) in [5.41, 5.74) is 6.03. The van der Waals surface area contributed by atoms with Crippen molar-refractivity contribution in [2.75, 3.05) is 19.6 Å². The van der Waals surface area contributed by atoms with Crippen LogP contribution in [0.4, 0.5) is 0 Å². The summed E-state index contributed by atoms with van der Waals surface area (Å²) in [6.07, 6.45) is 1.000. The van der Waals surface area contributed by atoms with E-state index in [0.717, 1.165) is 19.5 Å². The molecule has 1 fully saturated rings. The highest BCUT2D eigenvalue weighted by atomic mass is 16.2. The Morgan fingerprint density at radius 3 is 2.00 bits per heavy atom. The molecule has 0 atom stereocenters. The van der Waals surface area contributed by atoms with E-state index in [-0.39, 0.29) is 22.2 Å². The fourth-order valence-electron chi connectivity index (χ4n) is 3.11. The van der Waals surface area contributed by atoms with E-state index < -0.39 is 0 Å². The highest BCUT2D eigenvalue weighted by molar-refractivity contribution is 5.84. The van der Waals surface area contributed by atoms with E-state index >= 15 is 0 Å². The van der Waals surface area contributed by atoms with Gasteiger partial charge in [0.25, 0.3) is 0 Å². The Balaban J connectivity index is 2.82. The Hall–Kier alpha value is -0.570. The Morgan fingerprint density at radius 2 is 1.68 bits per heavy atom. The summed E-state index contributed by atoms with van der Waals surface area (Å²) < 4.78 is 0. The zero-order chi connectivity index (χ0) is 15.1. The van der Waals surface area contributed by atoms with E-state index in [1.807, 2.05) is 4.90 Å². The van der Waals surface area contributed by atoms with E-state index in [9.17, 15) is 4.79 Å². The topological polar surface area (TPSA) is 46.3 Å². The molecular formula is C16H32N2O. The third-order valence-corrected chi connectivity index (χ3v) is 5.24. The molecule has 0 radical (unpaired) electrons. The van der Waals surface area contributed by atoms with Gasteiger partial charge >= 0.3 is 0 Å². The molecule has 0 saturated heterocycles. The van der Waals surface area contributed by atoms with Gasteiger partial charge in [-0.25, -0.2) is 0 Å². The first-order valence-electron chi connectivity index (χ1n) is 7.50. The van der Waals surface area contributed by atoms with Crippen molar-refractivity contribution in [3.63, 3.8) is 0 Å². The normalized spacial score (nSPS) is 21.3. The Labute approximate surface area is 118 Å². The number of amides is 1. The molecule has 19 heavy (non-hydrogen) atoms. The highest BCUT2D eigenvalue weighted by Gasteiger charge is 2.68. The average Bonchev–Trinajstić information content (AvgIpc) is 2.68. The molecule has 112 valence electrons. The van der Waals surface area contributed by atoms with Crippen LogP contribution in [0.25, 0.3) is 0 Å². The lowest BCUT2D eigenvalue weighted by atomic mass is 9.92. The second-order valence-corrected chi connectivity index (χ2v) is 8.00. The number of rotatable bonds is 6. The molecule has 3 nitrogen and oxygen atoms in total. The fourth-order valence-corrected chi connectivity index (χ4v) is 3.11. The Kier molecular flexibility index (Phi) is 4.41. The predicted octanol–water partition coefficient (Wildman–Crippen LogP) is 2.89. The maximum atomic E-state index is 12.8. The lowest BCUT2D eigenvalue weighted by Gasteiger charge is -2.32. The van der Waals surface area contributed by atoms with Crippen molar-refractivity contribution in [1.82, 2.24) is 4.90 Å². The van der Waals surface area contributed by atoms with Crippen LogP contribution in [0, 0.1) is 22.2 Å². The van der Waals surface area contributed by atoms with E-state index in [2.05, 4.69) is 48.5 Å². The van der Waals surface area contributed by atoms with Gasteiger partial charge in [0.1, 0.15) is 0 Å². The van der Waals surface area contributed by atoms with Gasteiger partial charge in [0.05, 0.1) is 0 Å². The summed E-state index contributed by atoms with van der Waals surface area (Å²) in [6, 6.07) is 0. The van der Waals surface area contributed by atoms with Crippen LogP contribution in [0.5, 0.6) is 0 Å². The monoisotopic (exact) mass is 268 g/mol. The van der Waals surface area contributed by atoms with E-state index in [4.69, 9.17) is 5.73 Å². The van der Waals surface area contributed by atoms with Crippen LogP contribution in [0.2, 0.25) is 0 Å². The standard InChI is InChI=1S/C16H32N2O/c1-8-9-18(11-14(2,3)10-17)13(19)12-15(4,5)16(12,6)7/h12H,8-11,17H2,1-7H3. The third kappa shape index (κ3) is 2.96. The van der Waals surface area contributed by atoms with Gasteiger partial charge in [0.2, 0.25) is 5.91 Å². The van der Waals surface area contributed by atoms with Crippen LogP contribution < -0.4 is 5.73 Å². The number of hydrogen-bond donors (Lipinski definition) is 1. The van der Waals surface area contributed by atoms with Crippen LogP contribution in [-0.2, 0) is 4.79 Å². The maximum Gasteiger partial charge on any atom is 0.226 e. The maximum absolute atomic E-state index is 12.8. The van der Waals surface area contributed by atoms with Crippen molar-refractivity contribution >= 4 is 5.91 Å². The van der Waals surface area contributed by atoms with Gasteiger partial charge in [-0.05, 0) is 29.2 Å². The van der Waals surface area contributed by atoms with Crippen LogP contribution in [0.15, 0.2) is 0 Å². The van der Waals surface area contributed by atoms with Gasteiger partial charge in [0.15, 0.2) is 0 Å². The molecule has 1 rings (SSSR count). The van der Waals surface area contributed by atoms with E-state index in [1.165, 1.54) is 0 Å². The molecule has 0 spiro atoms. The molecule has 2 N–H and O–H groups in total. The van der Waals surface area contributed by atoms with Crippen molar-refractivity contribution in [2.24, 2.45) is 27.9 Å². The van der Waals surface area contributed by atoms with Crippen molar-refractivity contribution < 1.29 is 4.79 Å². The SMILES string of the molecule is CCCN(CC(C)(C)CN)C(=O)C1C(C)(C)C1(C)C. The molecule has 3 heteroatoms. The molecule has 0 unspecified atom stereocenters. The lowest BCUT2D eigenvalue weighted by molar-refractivity contribution is -0.135. The second-order valence-electron chi connectivity index (χ2n) is 8.00. The molecule has 0 aromatic rings. The van der Waals surface area contributed by atoms with Crippen molar-refractivity contribution in [3.05, 3.63) is 0 Å². The smallest absolute Gasteiger partial charge is 0.226 e. The minimum atomic E-state index is -0.00595. The van der Waals surface area contributed by atoms with Gasteiger partial charge < -0.3 is 10.6 Å². The molecule has 1 saturated carbocycles. The summed E-state index contributed by atoms with van der Waals surface area (Å²) in [7, 11) is 0. The number of nitrogens with zero attached hydrogens (tertiary/aromatic N) is 1. The number of carbonyl (C=O) groups excluding carboxylic acids is 1. The number of hydrogen-bond acceptors (Lipinski definition) is 2. The quantitative estimate of drug-likeness (QED) is 0.805. The van der Waals surface area contributed by atoms with E-state index in [0.29, 0.717) is 12.5 Å². The summed E-state index contributed by atoms with van der Waals surface area (Å²) in [6.45, 7) is 17.4. The van der Waals surface area contributed by atoms with Crippen LogP contribution in [0.1, 0.15) is 54.9 Å². The van der Waals surface area contributed by atoms with Crippen LogP contribution in [0.3, 0.4) is 0 Å². The van der Waals surface area contributed by atoms with Crippen LogP contribution in [-0.4, -0.2) is 30.4 Å². The first-order chi connectivity index (χ1) is 8.51. The molecule has 0 aromatic heterocycles. The van der Waals surface area contributed by atoms with Crippen LogP contribution >= 0.6 is 0 Å². The minimum absolute atomic E-state index is 0.00595. The fraction of sp³-hybridized carbons (Fsp3) is 0.938. The van der Waals surface area contributed by atoms with Gasteiger partial charge in [0, 0.05) is 19.0 Å². The van der Waals surface area contributed by atoms with Gasteiger partial charge in [-0.15, -0.1) is 0 Å². The molecular weight excluding hydrogens is 236 g/mol. The average molecular weight is 268 g/mol. The highest BCUT2D eigenvalue weighted by Crippen LogP contribution is 2.68. The zero-order valence-corrected chi connectivity index (χ0v) is 13.8. The summed E-state index contributed by atoms with van der Waals surface area (Å²) >= 11 is 0. The minimum Gasteiger partial charge on any atom is -0.342 e. The van der Waals surface area contributed by atoms with Crippen molar-refractivity contribution in [1.29, 1.82) is 0 Å². The summed E-state index contributed by atoms with van der Waals surface area (Å²) in [4.78, 5) is 14.8. The van der Waals surface area contributed by atoms with Gasteiger partial charge in [-0.1, -0.05) is 48.5 Å². The predicted molar refractivity (Wildman–Crippen MR) is 80.8 cm³/mol. The largest absolute Gasteiger partial charge is 0.342 e. The zero-order valence-electron chi connectivity index (χ0n) is 13.8. The molecule has 0 heterocycles. The number of carbonyl (C=O) groups is 1. The number of nitrogens with two attached hydrogens (primary N) is 1. The first-order valence-corrected chi connectivity index (χ1v) is 7.50. The van der Waals surface area contributed by atoms with Crippen molar-refractivity contribution in [2.45, 2.75) is 54.9 Å². The molecule has 0 bridgehead atoms. The molecule has 0 aromatic carbocycles. The molecule has 1 aliphatic carbocycles. The van der Waals surface area contributed by atoms with Gasteiger partial charge in [-0.2, -0.15) is 0 Å². The first kappa shape index (κ1) is 16.5. The Morgan fingerprint density at radius 1 is 1.21 bits per heavy atom. The second kappa shape index (κ2) is 5.08. The van der Waals surface area contributed by atoms with Gasteiger partial charge in [-0.3, -0.25) is 4.79 Å². The lowest BCUT2D eigenvalue weighted by Crippen LogP contribution is -2.43. The summed E-state index contributed by atoms with van der Waals surface area (Å²) in [5.74, 6) is 0.471.